The first-order chi connectivity index (χ1) is 16.9. The zero-order chi connectivity index (χ0) is 26.5. The van der Waals surface area contributed by atoms with Gasteiger partial charge in [-0.15, -0.1) is 6.58 Å². The SMILES string of the molecule is C=CCO[C@@H]1C[C@H](C(N)[C@@H](CCc2ccccc2)O[Si](C)(C)C(C)(C)C)c2cc(OC(C)C)ccc21.N. The van der Waals surface area contributed by atoms with Crippen molar-refractivity contribution in [1.29, 1.82) is 0 Å². The average Bonchev–Trinajstić information content (AvgIpc) is 3.17. The molecule has 0 spiro atoms. The van der Waals surface area contributed by atoms with Crippen LogP contribution in [0.2, 0.25) is 18.1 Å². The van der Waals surface area contributed by atoms with Gasteiger partial charge in [-0.25, -0.2) is 0 Å². The molecule has 2 aromatic rings. The van der Waals surface area contributed by atoms with E-state index in [4.69, 9.17) is 19.6 Å². The van der Waals surface area contributed by atoms with Crippen LogP contribution >= 0.6 is 0 Å². The van der Waals surface area contributed by atoms with Crippen LogP contribution in [0.3, 0.4) is 0 Å². The lowest BCUT2D eigenvalue weighted by Crippen LogP contribution is -2.51. The molecule has 0 aromatic heterocycles. The minimum absolute atomic E-state index is 0. The molecule has 37 heavy (non-hydrogen) atoms. The van der Waals surface area contributed by atoms with Gasteiger partial charge in [0, 0.05) is 12.0 Å². The third-order valence-electron chi connectivity index (χ3n) is 7.77. The number of fused-ring (bicyclic) bond motifs is 1. The van der Waals surface area contributed by atoms with Gasteiger partial charge >= 0.3 is 0 Å². The van der Waals surface area contributed by atoms with Crippen molar-refractivity contribution in [2.75, 3.05) is 6.61 Å². The molecule has 0 saturated carbocycles. The van der Waals surface area contributed by atoms with Crippen molar-refractivity contribution >= 4 is 8.32 Å². The van der Waals surface area contributed by atoms with Crippen LogP contribution < -0.4 is 16.6 Å². The highest BCUT2D eigenvalue weighted by Gasteiger charge is 2.43. The minimum Gasteiger partial charge on any atom is -0.491 e. The van der Waals surface area contributed by atoms with Gasteiger partial charge in [0.25, 0.3) is 0 Å². The van der Waals surface area contributed by atoms with Crippen molar-refractivity contribution in [3.05, 3.63) is 77.9 Å². The minimum atomic E-state index is -2.03. The fourth-order valence-electron chi connectivity index (χ4n) is 4.80. The maximum Gasteiger partial charge on any atom is 0.192 e. The Hall–Kier alpha value is -1.96. The maximum absolute atomic E-state index is 7.18. The molecule has 1 unspecified atom stereocenters. The van der Waals surface area contributed by atoms with E-state index in [0.717, 1.165) is 25.0 Å². The van der Waals surface area contributed by atoms with E-state index in [1.165, 1.54) is 16.7 Å². The van der Waals surface area contributed by atoms with Crippen LogP contribution in [0.4, 0.5) is 0 Å². The molecule has 5 N–H and O–H groups in total. The van der Waals surface area contributed by atoms with E-state index in [-0.39, 0.29) is 41.5 Å². The van der Waals surface area contributed by atoms with Gasteiger partial charge in [-0.2, -0.15) is 0 Å². The van der Waals surface area contributed by atoms with E-state index in [2.05, 4.69) is 103 Å². The highest BCUT2D eigenvalue weighted by atomic mass is 28.4. The standard InChI is InChI=1S/C31H47NO3Si.H3N/c1-9-19-33-29-21-27(26-20-24(34-22(2)3)16-17-25(26)29)30(32)28(35-36(7,8)31(4,5)6)18-15-23-13-11-10-12-14-23;/h9-14,16-17,20,22,27-30H,1,15,18-19,21,32H2,2-8H3;1H3/t27-,28+,29+,30?;/m0./s1. The molecule has 206 valence electrons. The Morgan fingerprint density at radius 3 is 2.35 bits per heavy atom. The summed E-state index contributed by atoms with van der Waals surface area (Å²) in [6.45, 7) is 20.0. The smallest absolute Gasteiger partial charge is 0.192 e. The first-order valence-electron chi connectivity index (χ1n) is 13.4. The van der Waals surface area contributed by atoms with Gasteiger partial charge in [0.05, 0.1) is 24.9 Å². The molecule has 0 saturated heterocycles. The quantitative estimate of drug-likeness (QED) is 0.218. The molecule has 1 aliphatic carbocycles. The summed E-state index contributed by atoms with van der Waals surface area (Å²) >= 11 is 0. The molecule has 6 heteroatoms. The topological polar surface area (TPSA) is 88.7 Å². The summed E-state index contributed by atoms with van der Waals surface area (Å²) in [4.78, 5) is 0. The van der Waals surface area contributed by atoms with Crippen LogP contribution in [0.1, 0.15) is 76.2 Å². The van der Waals surface area contributed by atoms with E-state index >= 15 is 0 Å². The van der Waals surface area contributed by atoms with Gasteiger partial charge in [0.15, 0.2) is 8.32 Å². The number of hydrogen-bond acceptors (Lipinski definition) is 5. The average molecular weight is 527 g/mol. The van der Waals surface area contributed by atoms with E-state index in [9.17, 15) is 0 Å². The van der Waals surface area contributed by atoms with Crippen LogP contribution in [0.5, 0.6) is 5.75 Å². The Kier molecular flexibility index (Phi) is 11.2. The summed E-state index contributed by atoms with van der Waals surface area (Å²) in [5.74, 6) is 1.02. The van der Waals surface area contributed by atoms with E-state index in [0.29, 0.717) is 6.61 Å². The Balaban J connectivity index is 0.00000481. The summed E-state index contributed by atoms with van der Waals surface area (Å²) in [5, 5.41) is 0.110. The zero-order valence-electron chi connectivity index (χ0n) is 24.1. The molecule has 0 heterocycles. The van der Waals surface area contributed by atoms with Crippen LogP contribution in [-0.4, -0.2) is 33.2 Å². The normalized spacial score (nSPS) is 19.2. The number of benzene rings is 2. The fraction of sp³-hybridized carbons (Fsp3) is 0.548. The molecule has 0 fully saturated rings. The van der Waals surface area contributed by atoms with Gasteiger partial charge in [0.2, 0.25) is 0 Å². The molecule has 0 aliphatic heterocycles. The summed E-state index contributed by atoms with van der Waals surface area (Å²) in [6, 6.07) is 16.9. The lowest BCUT2D eigenvalue weighted by molar-refractivity contribution is 0.0632. The molecule has 0 amide bonds. The van der Waals surface area contributed by atoms with Gasteiger partial charge in [0.1, 0.15) is 5.75 Å². The number of nitrogens with two attached hydrogens (primary N) is 1. The molecule has 2 aromatic carbocycles. The van der Waals surface area contributed by atoms with E-state index in [1.807, 2.05) is 6.08 Å². The van der Waals surface area contributed by atoms with Crippen molar-refractivity contribution in [3.63, 3.8) is 0 Å². The number of aryl methyl sites for hydroxylation is 1. The third kappa shape index (κ3) is 8.01. The van der Waals surface area contributed by atoms with Gasteiger partial charge in [-0.05, 0) is 80.1 Å². The summed E-state index contributed by atoms with van der Waals surface area (Å²) in [7, 11) is -2.03. The number of hydrogen-bond donors (Lipinski definition) is 2. The van der Waals surface area contributed by atoms with E-state index in [1.54, 1.807) is 0 Å². The van der Waals surface area contributed by atoms with Crippen molar-refractivity contribution in [2.45, 2.75) is 102 Å². The second kappa shape index (κ2) is 13.2. The molecule has 0 radical (unpaired) electrons. The van der Waals surface area contributed by atoms with Gasteiger partial charge in [-0.1, -0.05) is 63.2 Å². The maximum atomic E-state index is 7.18. The lowest BCUT2D eigenvalue weighted by atomic mass is 9.88. The van der Waals surface area contributed by atoms with Crippen molar-refractivity contribution in [3.8, 4) is 5.75 Å². The Morgan fingerprint density at radius 2 is 1.76 bits per heavy atom. The first-order valence-corrected chi connectivity index (χ1v) is 16.3. The Bertz CT molecular complexity index is 988. The summed E-state index contributed by atoms with van der Waals surface area (Å²) in [6.07, 6.45) is 4.57. The van der Waals surface area contributed by atoms with Crippen molar-refractivity contribution < 1.29 is 13.9 Å². The molecule has 4 atom stereocenters. The van der Waals surface area contributed by atoms with Crippen LogP contribution in [0, 0.1) is 0 Å². The Morgan fingerprint density at radius 1 is 1.08 bits per heavy atom. The van der Waals surface area contributed by atoms with Gasteiger partial charge in [-0.3, -0.25) is 0 Å². The molecule has 1 aliphatic rings. The zero-order valence-corrected chi connectivity index (χ0v) is 25.1. The highest BCUT2D eigenvalue weighted by molar-refractivity contribution is 6.74. The Labute approximate surface area is 226 Å². The van der Waals surface area contributed by atoms with Crippen LogP contribution in [0.25, 0.3) is 0 Å². The second-order valence-electron chi connectivity index (χ2n) is 11.9. The number of rotatable bonds is 12. The second-order valence-corrected chi connectivity index (χ2v) is 16.7. The third-order valence-corrected chi connectivity index (χ3v) is 12.3. The van der Waals surface area contributed by atoms with E-state index < -0.39 is 8.32 Å². The van der Waals surface area contributed by atoms with Crippen LogP contribution in [0.15, 0.2) is 61.2 Å². The first kappa shape index (κ1) is 31.3. The molecule has 5 nitrogen and oxygen atoms in total. The molecule has 3 rings (SSSR count). The van der Waals surface area contributed by atoms with Crippen molar-refractivity contribution in [1.82, 2.24) is 6.15 Å². The molecular formula is C31H50N2O3Si. The van der Waals surface area contributed by atoms with Gasteiger partial charge < -0.3 is 25.8 Å². The fourth-order valence-corrected chi connectivity index (χ4v) is 6.19. The monoisotopic (exact) mass is 526 g/mol. The predicted molar refractivity (Wildman–Crippen MR) is 158 cm³/mol. The largest absolute Gasteiger partial charge is 0.491 e. The summed E-state index contributed by atoms with van der Waals surface area (Å²) in [5.41, 5.74) is 10.9. The van der Waals surface area contributed by atoms with Crippen molar-refractivity contribution in [2.24, 2.45) is 5.73 Å². The number of ether oxygens (including phenoxy) is 2. The van der Waals surface area contributed by atoms with Crippen LogP contribution in [-0.2, 0) is 15.6 Å². The predicted octanol–water partition coefficient (Wildman–Crippen LogP) is 7.72. The lowest BCUT2D eigenvalue weighted by Gasteiger charge is -2.42. The highest BCUT2D eigenvalue weighted by Crippen LogP contribution is 2.47. The molecule has 0 bridgehead atoms. The molecular weight excluding hydrogens is 476 g/mol. The summed E-state index contributed by atoms with van der Waals surface area (Å²) < 4.78 is 19.3.